The van der Waals surface area contributed by atoms with Gasteiger partial charge in [-0.05, 0) is 25.5 Å². The maximum atomic E-state index is 6.14. The van der Waals surface area contributed by atoms with Crippen LogP contribution >= 0.6 is 0 Å². The summed E-state index contributed by atoms with van der Waals surface area (Å²) in [5, 5.41) is 10.4. The topological polar surface area (TPSA) is 80.9 Å². The number of aryl methyl sites for hydroxylation is 1. The van der Waals surface area contributed by atoms with Crippen LogP contribution in [0.25, 0.3) is 0 Å². The standard InChI is InChI=1S/C19H26N4O3/c1-3-20-19(22-12-16-6-9-25-23-16)21-11-15-5-4-14(2)10-18(15)26-17-7-8-24-13-17/h4-6,9-10,17H,3,7-8,11-13H2,1-2H3,(H2,20,21,22). The Morgan fingerprint density at radius 3 is 3.00 bits per heavy atom. The summed E-state index contributed by atoms with van der Waals surface area (Å²) in [5.74, 6) is 1.61. The summed E-state index contributed by atoms with van der Waals surface area (Å²) in [6.07, 6.45) is 2.61. The van der Waals surface area contributed by atoms with E-state index in [0.717, 1.165) is 42.5 Å². The summed E-state index contributed by atoms with van der Waals surface area (Å²) < 4.78 is 16.4. The molecule has 26 heavy (non-hydrogen) atoms. The minimum Gasteiger partial charge on any atom is -0.488 e. The fourth-order valence-electron chi connectivity index (χ4n) is 2.70. The van der Waals surface area contributed by atoms with E-state index in [-0.39, 0.29) is 6.10 Å². The first kappa shape index (κ1) is 18.3. The van der Waals surface area contributed by atoms with E-state index in [4.69, 9.17) is 14.0 Å². The molecule has 0 spiro atoms. The van der Waals surface area contributed by atoms with E-state index in [1.165, 1.54) is 5.56 Å². The molecule has 1 aromatic carbocycles. The second-order valence-corrected chi connectivity index (χ2v) is 6.25. The van der Waals surface area contributed by atoms with Gasteiger partial charge in [0.1, 0.15) is 23.8 Å². The molecule has 0 amide bonds. The molecule has 1 unspecified atom stereocenters. The van der Waals surface area contributed by atoms with Gasteiger partial charge in [0.05, 0.1) is 26.3 Å². The molecule has 7 nitrogen and oxygen atoms in total. The largest absolute Gasteiger partial charge is 0.488 e. The number of hydrogen-bond donors (Lipinski definition) is 2. The lowest BCUT2D eigenvalue weighted by Gasteiger charge is -2.16. The lowest BCUT2D eigenvalue weighted by atomic mass is 10.1. The molecule has 2 heterocycles. The Balaban J connectivity index is 1.67. The minimum atomic E-state index is 0.123. The SMILES string of the molecule is CCNC(=NCc1ccc(C)cc1OC1CCOC1)NCc1ccon1. The van der Waals surface area contributed by atoms with Crippen molar-refractivity contribution in [2.24, 2.45) is 4.99 Å². The zero-order valence-corrected chi connectivity index (χ0v) is 15.3. The van der Waals surface area contributed by atoms with Crippen molar-refractivity contribution in [2.75, 3.05) is 19.8 Å². The molecule has 140 valence electrons. The van der Waals surface area contributed by atoms with Crippen molar-refractivity contribution in [3.05, 3.63) is 47.3 Å². The van der Waals surface area contributed by atoms with E-state index >= 15 is 0 Å². The molecule has 7 heteroatoms. The number of benzene rings is 1. The normalized spacial score (nSPS) is 17.3. The van der Waals surface area contributed by atoms with Crippen molar-refractivity contribution in [1.29, 1.82) is 0 Å². The summed E-state index contributed by atoms with van der Waals surface area (Å²) in [6, 6.07) is 8.05. The summed E-state index contributed by atoms with van der Waals surface area (Å²) in [6.45, 7) is 7.37. The number of aromatic nitrogens is 1. The monoisotopic (exact) mass is 358 g/mol. The number of nitrogens with zero attached hydrogens (tertiary/aromatic N) is 2. The number of hydrogen-bond acceptors (Lipinski definition) is 5. The number of ether oxygens (including phenoxy) is 2. The number of guanidine groups is 1. The Labute approximate surface area is 153 Å². The fraction of sp³-hybridized carbons (Fsp3) is 0.474. The Hall–Kier alpha value is -2.54. The predicted octanol–water partition coefficient (Wildman–Crippen LogP) is 2.41. The molecule has 1 saturated heterocycles. The van der Waals surface area contributed by atoms with Crippen molar-refractivity contribution in [1.82, 2.24) is 15.8 Å². The van der Waals surface area contributed by atoms with Gasteiger partial charge in [0.2, 0.25) is 0 Å². The highest BCUT2D eigenvalue weighted by molar-refractivity contribution is 5.79. The van der Waals surface area contributed by atoms with E-state index in [9.17, 15) is 0 Å². The Morgan fingerprint density at radius 2 is 2.27 bits per heavy atom. The van der Waals surface area contributed by atoms with Crippen LogP contribution in [0.3, 0.4) is 0 Å². The third-order valence-electron chi connectivity index (χ3n) is 4.08. The van der Waals surface area contributed by atoms with Gasteiger partial charge >= 0.3 is 0 Å². The summed E-state index contributed by atoms with van der Waals surface area (Å²) in [7, 11) is 0. The third-order valence-corrected chi connectivity index (χ3v) is 4.08. The molecule has 2 N–H and O–H groups in total. The van der Waals surface area contributed by atoms with E-state index < -0.39 is 0 Å². The first-order chi connectivity index (χ1) is 12.7. The van der Waals surface area contributed by atoms with Crippen LogP contribution in [0.1, 0.15) is 30.2 Å². The van der Waals surface area contributed by atoms with Crippen LogP contribution in [-0.4, -0.2) is 37.0 Å². The smallest absolute Gasteiger partial charge is 0.191 e. The molecule has 1 aromatic heterocycles. The highest BCUT2D eigenvalue weighted by atomic mass is 16.5. The molecule has 1 atom stereocenters. The van der Waals surface area contributed by atoms with Gasteiger partial charge in [-0.3, -0.25) is 0 Å². The van der Waals surface area contributed by atoms with Crippen molar-refractivity contribution >= 4 is 5.96 Å². The lowest BCUT2D eigenvalue weighted by molar-refractivity contribution is 0.140. The first-order valence-electron chi connectivity index (χ1n) is 9.00. The van der Waals surface area contributed by atoms with Crippen LogP contribution in [-0.2, 0) is 17.8 Å². The van der Waals surface area contributed by atoms with E-state index in [2.05, 4.69) is 45.9 Å². The molecule has 0 bridgehead atoms. The van der Waals surface area contributed by atoms with E-state index in [0.29, 0.717) is 19.7 Å². The zero-order valence-electron chi connectivity index (χ0n) is 15.3. The molecule has 1 aliphatic rings. The van der Waals surface area contributed by atoms with Gasteiger partial charge in [0.15, 0.2) is 5.96 Å². The fourth-order valence-corrected chi connectivity index (χ4v) is 2.70. The van der Waals surface area contributed by atoms with Crippen LogP contribution in [0.4, 0.5) is 0 Å². The third kappa shape index (κ3) is 5.23. The van der Waals surface area contributed by atoms with Crippen molar-refractivity contribution in [3.63, 3.8) is 0 Å². The van der Waals surface area contributed by atoms with E-state index in [1.54, 1.807) is 6.26 Å². The molecule has 0 aliphatic carbocycles. The quantitative estimate of drug-likeness (QED) is 0.584. The second-order valence-electron chi connectivity index (χ2n) is 6.25. The first-order valence-corrected chi connectivity index (χ1v) is 9.00. The highest BCUT2D eigenvalue weighted by Gasteiger charge is 2.18. The van der Waals surface area contributed by atoms with Gasteiger partial charge in [-0.1, -0.05) is 17.3 Å². The molecular formula is C19H26N4O3. The molecule has 1 aliphatic heterocycles. The molecule has 3 rings (SSSR count). The van der Waals surface area contributed by atoms with Gasteiger partial charge in [-0.25, -0.2) is 4.99 Å². The number of nitrogens with one attached hydrogen (secondary N) is 2. The average Bonchev–Trinajstić information content (AvgIpc) is 3.32. The molecule has 0 saturated carbocycles. The van der Waals surface area contributed by atoms with Gasteiger partial charge in [-0.15, -0.1) is 0 Å². The lowest BCUT2D eigenvalue weighted by Crippen LogP contribution is -2.36. The second kappa shape index (κ2) is 9.24. The number of rotatable bonds is 7. The zero-order chi connectivity index (χ0) is 18.2. The molecule has 1 fully saturated rings. The van der Waals surface area contributed by atoms with Crippen LogP contribution < -0.4 is 15.4 Å². The molecular weight excluding hydrogens is 332 g/mol. The maximum Gasteiger partial charge on any atom is 0.191 e. The molecule has 0 radical (unpaired) electrons. The maximum absolute atomic E-state index is 6.14. The Morgan fingerprint density at radius 1 is 1.35 bits per heavy atom. The van der Waals surface area contributed by atoms with Gasteiger partial charge in [0.25, 0.3) is 0 Å². The van der Waals surface area contributed by atoms with Crippen molar-refractivity contribution in [2.45, 2.75) is 39.5 Å². The van der Waals surface area contributed by atoms with Gasteiger partial charge < -0.3 is 24.6 Å². The van der Waals surface area contributed by atoms with Crippen molar-refractivity contribution < 1.29 is 14.0 Å². The van der Waals surface area contributed by atoms with Crippen LogP contribution in [0.2, 0.25) is 0 Å². The molecule has 2 aromatic rings. The minimum absolute atomic E-state index is 0.123. The predicted molar refractivity (Wildman–Crippen MR) is 99.2 cm³/mol. The highest BCUT2D eigenvalue weighted by Crippen LogP contribution is 2.24. The summed E-state index contributed by atoms with van der Waals surface area (Å²) in [5.41, 5.74) is 3.06. The van der Waals surface area contributed by atoms with Gasteiger partial charge in [-0.2, -0.15) is 0 Å². The van der Waals surface area contributed by atoms with E-state index in [1.807, 2.05) is 13.0 Å². The summed E-state index contributed by atoms with van der Waals surface area (Å²) in [4.78, 5) is 4.67. The average molecular weight is 358 g/mol. The van der Waals surface area contributed by atoms with Crippen LogP contribution in [0, 0.1) is 6.92 Å². The van der Waals surface area contributed by atoms with Crippen LogP contribution in [0.15, 0.2) is 40.0 Å². The van der Waals surface area contributed by atoms with Crippen molar-refractivity contribution in [3.8, 4) is 5.75 Å². The van der Waals surface area contributed by atoms with Crippen LogP contribution in [0.5, 0.6) is 5.75 Å². The number of aliphatic imine (C=N–C) groups is 1. The Kier molecular flexibility index (Phi) is 6.49. The van der Waals surface area contributed by atoms with Gasteiger partial charge in [0, 0.05) is 24.6 Å². The Bertz CT molecular complexity index is 710. The summed E-state index contributed by atoms with van der Waals surface area (Å²) >= 11 is 0.